The molecule has 0 amide bonds. The van der Waals surface area contributed by atoms with Crippen LogP contribution in [0.2, 0.25) is 5.02 Å². The highest BCUT2D eigenvalue weighted by Gasteiger charge is 2.15. The number of halogens is 3. The summed E-state index contributed by atoms with van der Waals surface area (Å²) in [5.74, 6) is -2.45. The van der Waals surface area contributed by atoms with Gasteiger partial charge in [-0.15, -0.1) is 0 Å². The van der Waals surface area contributed by atoms with Gasteiger partial charge in [0, 0.05) is 30.1 Å². The molecule has 1 heterocycles. The molecule has 0 saturated carbocycles. The number of hydrogen-bond acceptors (Lipinski definition) is 4. The smallest absolute Gasteiger partial charge is 0.198 e. The van der Waals surface area contributed by atoms with Gasteiger partial charge < -0.3 is 16.2 Å². The van der Waals surface area contributed by atoms with E-state index < -0.39 is 17.4 Å². The molecular formula is C11H8ClF2N3O. The Kier molecular flexibility index (Phi) is 3.20. The Bertz CT molecular complexity index is 584. The molecular weight excluding hydrogens is 264 g/mol. The number of aromatic nitrogens is 1. The Morgan fingerprint density at radius 3 is 2.39 bits per heavy atom. The third kappa shape index (κ3) is 2.28. The Morgan fingerprint density at radius 1 is 1.17 bits per heavy atom. The molecule has 0 aliphatic carbocycles. The van der Waals surface area contributed by atoms with Crippen LogP contribution in [-0.4, -0.2) is 4.98 Å². The normalized spacial score (nSPS) is 10.4. The lowest BCUT2D eigenvalue weighted by atomic mass is 10.3. The lowest BCUT2D eigenvalue weighted by molar-refractivity contribution is 0.408. The summed E-state index contributed by atoms with van der Waals surface area (Å²) in [6, 6.07) is 3.22. The molecule has 94 valence electrons. The van der Waals surface area contributed by atoms with E-state index in [2.05, 4.69) is 4.98 Å². The zero-order chi connectivity index (χ0) is 13.3. The molecule has 18 heavy (non-hydrogen) atoms. The van der Waals surface area contributed by atoms with Crippen molar-refractivity contribution < 1.29 is 13.5 Å². The Balaban J connectivity index is 2.43. The quantitative estimate of drug-likeness (QED) is 0.824. The maximum absolute atomic E-state index is 13.5. The Morgan fingerprint density at radius 2 is 1.78 bits per heavy atom. The summed E-state index contributed by atoms with van der Waals surface area (Å²) in [6.07, 6.45) is 1.31. The van der Waals surface area contributed by atoms with Gasteiger partial charge >= 0.3 is 0 Å². The molecule has 0 spiro atoms. The number of benzene rings is 1. The number of nitrogens with zero attached hydrogens (tertiary/aromatic N) is 1. The Labute approximate surface area is 106 Å². The zero-order valence-electron chi connectivity index (χ0n) is 8.95. The van der Waals surface area contributed by atoms with E-state index in [-0.39, 0.29) is 22.3 Å². The van der Waals surface area contributed by atoms with Crippen molar-refractivity contribution in [2.75, 3.05) is 11.5 Å². The molecule has 2 aromatic rings. The van der Waals surface area contributed by atoms with E-state index >= 15 is 0 Å². The fraction of sp³-hybridized carbons (Fsp3) is 0. The molecule has 0 atom stereocenters. The van der Waals surface area contributed by atoms with Crippen LogP contribution in [0.15, 0.2) is 24.4 Å². The van der Waals surface area contributed by atoms with Crippen LogP contribution in [0.5, 0.6) is 11.5 Å². The van der Waals surface area contributed by atoms with Gasteiger partial charge in [-0.05, 0) is 0 Å². The van der Waals surface area contributed by atoms with Crippen molar-refractivity contribution in [1.29, 1.82) is 0 Å². The number of nitrogens with two attached hydrogens (primary N) is 2. The third-order valence-corrected chi connectivity index (χ3v) is 2.49. The van der Waals surface area contributed by atoms with Crippen molar-refractivity contribution in [3.63, 3.8) is 0 Å². The minimum atomic E-state index is -0.932. The Hall–Kier alpha value is -2.08. The summed E-state index contributed by atoms with van der Waals surface area (Å²) in [5.41, 5.74) is 10.7. The predicted molar refractivity (Wildman–Crippen MR) is 64.5 cm³/mol. The highest BCUT2D eigenvalue weighted by atomic mass is 35.5. The van der Waals surface area contributed by atoms with Gasteiger partial charge in [-0.1, -0.05) is 11.6 Å². The van der Waals surface area contributed by atoms with Crippen LogP contribution in [0, 0.1) is 11.6 Å². The molecule has 0 aliphatic rings. The standard InChI is InChI=1S/C11H8ClF2N3O/c12-9-8(1-2-17-11(9)16)18-10-6(13)3-5(15)4-7(10)14/h1-4H,15H2,(H2,16,17). The molecule has 0 fully saturated rings. The summed E-state index contributed by atoms with van der Waals surface area (Å²) >= 11 is 5.80. The van der Waals surface area contributed by atoms with Gasteiger partial charge in [0.1, 0.15) is 10.8 Å². The van der Waals surface area contributed by atoms with Crippen LogP contribution in [0.1, 0.15) is 0 Å². The fourth-order valence-electron chi connectivity index (χ4n) is 1.31. The van der Waals surface area contributed by atoms with Gasteiger partial charge in [-0.3, -0.25) is 0 Å². The second-order valence-corrected chi connectivity index (χ2v) is 3.80. The first-order chi connectivity index (χ1) is 8.49. The van der Waals surface area contributed by atoms with E-state index in [1.54, 1.807) is 0 Å². The molecule has 7 heteroatoms. The first kappa shape index (κ1) is 12.4. The van der Waals surface area contributed by atoms with Crippen LogP contribution in [-0.2, 0) is 0 Å². The van der Waals surface area contributed by atoms with Gasteiger partial charge in [0.25, 0.3) is 0 Å². The third-order valence-electron chi connectivity index (χ3n) is 2.11. The second kappa shape index (κ2) is 4.66. The van der Waals surface area contributed by atoms with E-state index in [0.29, 0.717) is 0 Å². The average molecular weight is 272 g/mol. The van der Waals surface area contributed by atoms with E-state index in [1.807, 2.05) is 0 Å². The molecule has 0 saturated heterocycles. The van der Waals surface area contributed by atoms with Crippen molar-refractivity contribution in [2.45, 2.75) is 0 Å². The monoisotopic (exact) mass is 271 g/mol. The zero-order valence-corrected chi connectivity index (χ0v) is 9.71. The first-order valence-electron chi connectivity index (χ1n) is 4.81. The van der Waals surface area contributed by atoms with Gasteiger partial charge in [0.2, 0.25) is 0 Å². The molecule has 0 aliphatic heterocycles. The summed E-state index contributed by atoms with van der Waals surface area (Å²) in [6.45, 7) is 0. The summed E-state index contributed by atoms with van der Waals surface area (Å²) in [4.78, 5) is 3.70. The van der Waals surface area contributed by atoms with Crippen molar-refractivity contribution >= 4 is 23.1 Å². The molecule has 0 radical (unpaired) electrons. The predicted octanol–water partition coefficient (Wildman–Crippen LogP) is 2.97. The maximum Gasteiger partial charge on any atom is 0.198 e. The number of hydrogen-bond donors (Lipinski definition) is 2. The molecule has 0 bridgehead atoms. The van der Waals surface area contributed by atoms with Crippen LogP contribution in [0.4, 0.5) is 20.3 Å². The van der Waals surface area contributed by atoms with E-state index in [1.165, 1.54) is 12.3 Å². The molecule has 0 unspecified atom stereocenters. The van der Waals surface area contributed by atoms with Crippen LogP contribution in [0.3, 0.4) is 0 Å². The molecule has 4 nitrogen and oxygen atoms in total. The van der Waals surface area contributed by atoms with E-state index in [4.69, 9.17) is 27.8 Å². The minimum absolute atomic E-state index is 0.00503. The lowest BCUT2D eigenvalue weighted by Crippen LogP contribution is -1.98. The van der Waals surface area contributed by atoms with Crippen LogP contribution in [0.25, 0.3) is 0 Å². The lowest BCUT2D eigenvalue weighted by Gasteiger charge is -2.10. The number of pyridine rings is 1. The van der Waals surface area contributed by atoms with Crippen molar-refractivity contribution in [1.82, 2.24) is 4.98 Å². The summed E-state index contributed by atoms with van der Waals surface area (Å²) < 4.78 is 32.0. The highest BCUT2D eigenvalue weighted by molar-refractivity contribution is 6.34. The maximum atomic E-state index is 13.5. The average Bonchev–Trinajstić information content (AvgIpc) is 2.28. The number of rotatable bonds is 2. The van der Waals surface area contributed by atoms with Gasteiger partial charge in [-0.2, -0.15) is 0 Å². The van der Waals surface area contributed by atoms with Gasteiger partial charge in [0.15, 0.2) is 23.1 Å². The van der Waals surface area contributed by atoms with E-state index in [9.17, 15) is 8.78 Å². The SMILES string of the molecule is Nc1cc(F)c(Oc2ccnc(N)c2Cl)c(F)c1. The topological polar surface area (TPSA) is 74.2 Å². The highest BCUT2D eigenvalue weighted by Crippen LogP contribution is 2.35. The number of anilines is 2. The van der Waals surface area contributed by atoms with Crippen LogP contribution >= 0.6 is 11.6 Å². The molecule has 1 aromatic heterocycles. The molecule has 4 N–H and O–H groups in total. The van der Waals surface area contributed by atoms with Crippen molar-refractivity contribution in [2.24, 2.45) is 0 Å². The molecule has 2 rings (SSSR count). The van der Waals surface area contributed by atoms with Crippen molar-refractivity contribution in [3.05, 3.63) is 41.1 Å². The largest absolute Gasteiger partial charge is 0.449 e. The first-order valence-corrected chi connectivity index (χ1v) is 5.19. The second-order valence-electron chi connectivity index (χ2n) is 3.42. The number of ether oxygens (including phenoxy) is 1. The fourth-order valence-corrected chi connectivity index (χ4v) is 1.46. The van der Waals surface area contributed by atoms with E-state index in [0.717, 1.165) is 12.1 Å². The summed E-state index contributed by atoms with van der Waals surface area (Å²) in [5, 5.41) is -0.0203. The van der Waals surface area contributed by atoms with Crippen LogP contribution < -0.4 is 16.2 Å². The van der Waals surface area contributed by atoms with Gasteiger partial charge in [0.05, 0.1) is 0 Å². The summed E-state index contributed by atoms with van der Waals surface area (Å²) in [7, 11) is 0. The van der Waals surface area contributed by atoms with Gasteiger partial charge in [-0.25, -0.2) is 13.8 Å². The minimum Gasteiger partial charge on any atom is -0.449 e. The number of nitrogen functional groups attached to an aromatic ring is 2. The van der Waals surface area contributed by atoms with Crippen molar-refractivity contribution in [3.8, 4) is 11.5 Å². The molecule has 1 aromatic carbocycles.